The third-order valence-electron chi connectivity index (χ3n) is 4.62. The van der Waals surface area contributed by atoms with Gasteiger partial charge in [-0.25, -0.2) is 0 Å². The molecule has 2 aliphatic heterocycles. The molecule has 130 valence electrons. The number of likely N-dealkylation sites (tertiary alicyclic amines) is 1. The number of nitrogens with zero attached hydrogens (tertiary/aromatic N) is 1. The number of ether oxygens (including phenoxy) is 2. The van der Waals surface area contributed by atoms with Crippen LogP contribution in [0.15, 0.2) is 24.3 Å². The Hall–Kier alpha value is -2.08. The van der Waals surface area contributed by atoms with Crippen molar-refractivity contribution in [1.29, 1.82) is 0 Å². The molecule has 0 bridgehead atoms. The first kappa shape index (κ1) is 16.8. The second-order valence-corrected chi connectivity index (χ2v) is 6.40. The van der Waals surface area contributed by atoms with Gasteiger partial charge in [0.1, 0.15) is 12.4 Å². The zero-order valence-corrected chi connectivity index (χ0v) is 13.6. The van der Waals surface area contributed by atoms with E-state index in [4.69, 9.17) is 14.6 Å². The molecular weight excluding hydrogens is 310 g/mol. The van der Waals surface area contributed by atoms with Crippen molar-refractivity contribution in [3.63, 3.8) is 0 Å². The maximum Gasteiger partial charge on any atom is 0.308 e. The van der Waals surface area contributed by atoms with E-state index in [1.54, 1.807) is 29.2 Å². The number of hydrogen-bond donors (Lipinski definition) is 1. The summed E-state index contributed by atoms with van der Waals surface area (Å²) in [7, 11) is 0. The van der Waals surface area contributed by atoms with E-state index in [9.17, 15) is 9.59 Å². The van der Waals surface area contributed by atoms with Crippen LogP contribution in [0.2, 0.25) is 0 Å². The first-order valence-electron chi connectivity index (χ1n) is 8.50. The molecule has 2 fully saturated rings. The average molecular weight is 333 g/mol. The third kappa shape index (κ3) is 4.06. The van der Waals surface area contributed by atoms with Crippen molar-refractivity contribution < 1.29 is 24.2 Å². The van der Waals surface area contributed by atoms with Gasteiger partial charge in [-0.05, 0) is 49.9 Å². The number of carboxylic acids is 1. The summed E-state index contributed by atoms with van der Waals surface area (Å²) in [5, 5.41) is 9.13. The number of benzene rings is 1. The van der Waals surface area contributed by atoms with Gasteiger partial charge >= 0.3 is 5.97 Å². The van der Waals surface area contributed by atoms with Crippen LogP contribution in [0, 0.1) is 5.92 Å². The minimum absolute atomic E-state index is 0.119. The van der Waals surface area contributed by atoms with Crippen LogP contribution in [0.1, 0.15) is 36.0 Å². The van der Waals surface area contributed by atoms with E-state index < -0.39 is 11.9 Å². The lowest BCUT2D eigenvalue weighted by Crippen LogP contribution is -2.42. The summed E-state index contributed by atoms with van der Waals surface area (Å²) in [5.74, 6) is -0.696. The standard InChI is InChI=1S/C18H23NO5/c20-17(19-9-1-3-14(11-19)18(21)22)13-5-7-15(8-6-13)24-12-16-4-2-10-23-16/h5-8,14,16H,1-4,9-12H2,(H,21,22)/t14-,16-/m0/s1. The van der Waals surface area contributed by atoms with Gasteiger partial charge in [-0.15, -0.1) is 0 Å². The van der Waals surface area contributed by atoms with Crippen molar-refractivity contribution in [2.24, 2.45) is 5.92 Å². The largest absolute Gasteiger partial charge is 0.491 e. The van der Waals surface area contributed by atoms with Crippen LogP contribution < -0.4 is 4.74 Å². The van der Waals surface area contributed by atoms with Gasteiger partial charge in [-0.3, -0.25) is 9.59 Å². The molecule has 0 saturated carbocycles. The summed E-state index contributed by atoms with van der Waals surface area (Å²) in [6.45, 7) is 2.22. The van der Waals surface area contributed by atoms with Crippen molar-refractivity contribution >= 4 is 11.9 Å². The van der Waals surface area contributed by atoms with E-state index in [1.165, 1.54) is 0 Å². The molecule has 24 heavy (non-hydrogen) atoms. The molecule has 2 aliphatic rings. The summed E-state index contributed by atoms with van der Waals surface area (Å²) >= 11 is 0. The van der Waals surface area contributed by atoms with Crippen molar-refractivity contribution in [2.45, 2.75) is 31.8 Å². The summed E-state index contributed by atoms with van der Waals surface area (Å²) in [4.78, 5) is 25.3. The Balaban J connectivity index is 1.56. The van der Waals surface area contributed by atoms with Crippen molar-refractivity contribution in [1.82, 2.24) is 4.90 Å². The smallest absolute Gasteiger partial charge is 0.308 e. The fraction of sp³-hybridized carbons (Fsp3) is 0.556. The zero-order chi connectivity index (χ0) is 16.9. The molecule has 2 atom stereocenters. The van der Waals surface area contributed by atoms with E-state index in [0.717, 1.165) is 25.9 Å². The van der Waals surface area contributed by atoms with Gasteiger partial charge < -0.3 is 19.5 Å². The van der Waals surface area contributed by atoms with Gasteiger partial charge in [-0.2, -0.15) is 0 Å². The van der Waals surface area contributed by atoms with E-state index >= 15 is 0 Å². The van der Waals surface area contributed by atoms with Crippen LogP contribution >= 0.6 is 0 Å². The molecule has 0 radical (unpaired) electrons. The van der Waals surface area contributed by atoms with Gasteiger partial charge in [0.2, 0.25) is 0 Å². The van der Waals surface area contributed by atoms with Crippen LogP contribution in [0.4, 0.5) is 0 Å². The highest BCUT2D eigenvalue weighted by Crippen LogP contribution is 2.21. The molecule has 0 spiro atoms. The predicted octanol–water partition coefficient (Wildman–Crippen LogP) is 2.18. The lowest BCUT2D eigenvalue weighted by atomic mass is 9.97. The Labute approximate surface area is 141 Å². The van der Waals surface area contributed by atoms with Gasteiger partial charge in [0.05, 0.1) is 12.0 Å². The second kappa shape index (κ2) is 7.66. The summed E-state index contributed by atoms with van der Waals surface area (Å²) in [6.07, 6.45) is 3.62. The number of rotatable bonds is 5. The fourth-order valence-electron chi connectivity index (χ4n) is 3.20. The SMILES string of the molecule is O=C(O)[C@H]1CCCN(C(=O)c2ccc(OC[C@@H]3CCCO3)cc2)C1. The third-order valence-corrected chi connectivity index (χ3v) is 4.62. The molecule has 0 unspecified atom stereocenters. The Morgan fingerprint density at radius 1 is 1.21 bits per heavy atom. The molecular formula is C18H23NO5. The molecule has 3 rings (SSSR count). The van der Waals surface area contributed by atoms with Crippen molar-refractivity contribution in [3.8, 4) is 5.75 Å². The van der Waals surface area contributed by atoms with Crippen LogP contribution in [-0.4, -0.2) is 54.3 Å². The first-order valence-corrected chi connectivity index (χ1v) is 8.50. The minimum atomic E-state index is -0.828. The van der Waals surface area contributed by atoms with Crippen LogP contribution in [0.3, 0.4) is 0 Å². The monoisotopic (exact) mass is 333 g/mol. The molecule has 1 aromatic rings. The quantitative estimate of drug-likeness (QED) is 0.894. The number of aliphatic carboxylic acids is 1. The average Bonchev–Trinajstić information content (AvgIpc) is 3.13. The van der Waals surface area contributed by atoms with Gasteiger partial charge in [0.25, 0.3) is 5.91 Å². The maximum absolute atomic E-state index is 12.5. The second-order valence-electron chi connectivity index (χ2n) is 6.40. The molecule has 0 aliphatic carbocycles. The maximum atomic E-state index is 12.5. The normalized spacial score (nSPS) is 23.9. The Bertz CT molecular complexity index is 580. The fourth-order valence-corrected chi connectivity index (χ4v) is 3.20. The molecule has 6 nitrogen and oxygen atoms in total. The first-order chi connectivity index (χ1) is 11.6. The number of piperidine rings is 1. The summed E-state index contributed by atoms with van der Waals surface area (Å²) in [6, 6.07) is 7.02. The predicted molar refractivity (Wildman–Crippen MR) is 87.2 cm³/mol. The van der Waals surface area contributed by atoms with Crippen LogP contribution in [0.25, 0.3) is 0 Å². The van der Waals surface area contributed by atoms with Gasteiger partial charge in [0.15, 0.2) is 0 Å². The highest BCUT2D eigenvalue weighted by Gasteiger charge is 2.28. The number of amides is 1. The molecule has 1 amide bonds. The molecule has 1 N–H and O–H groups in total. The van der Waals surface area contributed by atoms with Gasteiger partial charge in [0, 0.05) is 25.3 Å². The molecule has 2 heterocycles. The molecule has 1 aromatic carbocycles. The number of carbonyl (C=O) groups excluding carboxylic acids is 1. The van der Waals surface area contributed by atoms with Gasteiger partial charge in [-0.1, -0.05) is 0 Å². The van der Waals surface area contributed by atoms with Crippen molar-refractivity contribution in [3.05, 3.63) is 29.8 Å². The minimum Gasteiger partial charge on any atom is -0.491 e. The Kier molecular flexibility index (Phi) is 5.35. The van der Waals surface area contributed by atoms with Crippen molar-refractivity contribution in [2.75, 3.05) is 26.3 Å². The highest BCUT2D eigenvalue weighted by atomic mass is 16.5. The lowest BCUT2D eigenvalue weighted by Gasteiger charge is -2.30. The number of carbonyl (C=O) groups is 2. The Morgan fingerprint density at radius 3 is 2.67 bits per heavy atom. The molecule has 2 saturated heterocycles. The van der Waals surface area contributed by atoms with E-state index in [0.29, 0.717) is 30.9 Å². The van der Waals surface area contributed by atoms with Crippen LogP contribution in [0.5, 0.6) is 5.75 Å². The molecule has 0 aromatic heterocycles. The Morgan fingerprint density at radius 2 is 2.00 bits per heavy atom. The zero-order valence-electron chi connectivity index (χ0n) is 13.6. The summed E-state index contributed by atoms with van der Waals surface area (Å²) < 4.78 is 11.2. The number of hydrogen-bond acceptors (Lipinski definition) is 4. The number of carboxylic acid groups (broad SMARTS) is 1. The van der Waals surface area contributed by atoms with E-state index in [-0.39, 0.29) is 18.6 Å². The van der Waals surface area contributed by atoms with E-state index in [1.807, 2.05) is 0 Å². The highest BCUT2D eigenvalue weighted by molar-refractivity contribution is 5.94. The van der Waals surface area contributed by atoms with Crippen LogP contribution in [-0.2, 0) is 9.53 Å². The summed E-state index contributed by atoms with van der Waals surface area (Å²) in [5.41, 5.74) is 0.561. The topological polar surface area (TPSA) is 76.1 Å². The molecule has 6 heteroatoms. The lowest BCUT2D eigenvalue weighted by molar-refractivity contribution is -0.143. The van der Waals surface area contributed by atoms with E-state index in [2.05, 4.69) is 0 Å².